The summed E-state index contributed by atoms with van der Waals surface area (Å²) in [7, 11) is 0. The molecule has 2 N–H and O–H groups in total. The molecule has 0 bridgehead atoms. The van der Waals surface area contributed by atoms with Gasteiger partial charge in [0.1, 0.15) is 0 Å². The van der Waals surface area contributed by atoms with Gasteiger partial charge in [-0.3, -0.25) is 9.59 Å². The van der Waals surface area contributed by atoms with Crippen molar-refractivity contribution in [2.45, 2.75) is 6.18 Å². The van der Waals surface area contributed by atoms with Gasteiger partial charge in [-0.15, -0.1) is 0 Å². The van der Waals surface area contributed by atoms with Crippen molar-refractivity contribution in [3.05, 3.63) is 65.7 Å². The lowest BCUT2D eigenvalue weighted by atomic mass is 10.1. The summed E-state index contributed by atoms with van der Waals surface area (Å²) >= 11 is 0. The van der Waals surface area contributed by atoms with Gasteiger partial charge in [0.15, 0.2) is 0 Å². The maximum atomic E-state index is 12.4. The molecule has 0 saturated heterocycles. The van der Waals surface area contributed by atoms with Crippen LogP contribution >= 0.6 is 0 Å². The highest BCUT2D eigenvalue weighted by atomic mass is 19.4. The first kappa shape index (κ1) is 16.5. The Hall–Kier alpha value is -2.83. The molecule has 0 aromatic heterocycles. The van der Waals surface area contributed by atoms with Gasteiger partial charge >= 0.3 is 6.18 Å². The van der Waals surface area contributed by atoms with Gasteiger partial charge in [-0.25, -0.2) is 0 Å². The fourth-order valence-corrected chi connectivity index (χ4v) is 1.80. The molecule has 0 fully saturated rings. The zero-order valence-corrected chi connectivity index (χ0v) is 11.9. The SMILES string of the molecule is O=C(CNC(=O)c1ccc(C(F)(F)F)cc1)Nc1ccccc1. The molecule has 0 radical (unpaired) electrons. The number of para-hydroxylation sites is 1. The molecule has 23 heavy (non-hydrogen) atoms. The summed E-state index contributed by atoms with van der Waals surface area (Å²) in [6.45, 7) is -0.283. The van der Waals surface area contributed by atoms with Crippen LogP contribution < -0.4 is 10.6 Å². The Kier molecular flexibility index (Phi) is 5.00. The zero-order chi connectivity index (χ0) is 16.9. The second-order valence-electron chi connectivity index (χ2n) is 4.67. The number of anilines is 1. The summed E-state index contributed by atoms with van der Waals surface area (Å²) in [6.07, 6.45) is -4.45. The van der Waals surface area contributed by atoms with Gasteiger partial charge in [0, 0.05) is 11.3 Å². The quantitative estimate of drug-likeness (QED) is 0.909. The van der Waals surface area contributed by atoms with Gasteiger partial charge in [0.25, 0.3) is 5.91 Å². The number of hydrogen-bond donors (Lipinski definition) is 2. The van der Waals surface area contributed by atoms with E-state index in [2.05, 4.69) is 10.6 Å². The Morgan fingerprint density at radius 3 is 2.09 bits per heavy atom. The van der Waals surface area contributed by atoms with Crippen LogP contribution in [0.3, 0.4) is 0 Å². The Morgan fingerprint density at radius 2 is 1.52 bits per heavy atom. The number of carbonyl (C=O) groups excluding carboxylic acids is 2. The molecular weight excluding hydrogens is 309 g/mol. The highest BCUT2D eigenvalue weighted by molar-refractivity contribution is 5.99. The van der Waals surface area contributed by atoms with Crippen LogP contribution in [0.2, 0.25) is 0 Å². The van der Waals surface area contributed by atoms with E-state index in [1.165, 1.54) is 0 Å². The Bertz CT molecular complexity index is 683. The lowest BCUT2D eigenvalue weighted by Gasteiger charge is -2.09. The molecule has 2 amide bonds. The van der Waals surface area contributed by atoms with Crippen molar-refractivity contribution in [1.29, 1.82) is 0 Å². The van der Waals surface area contributed by atoms with Gasteiger partial charge in [0.05, 0.1) is 12.1 Å². The first-order valence-corrected chi connectivity index (χ1v) is 6.66. The number of hydrogen-bond acceptors (Lipinski definition) is 2. The monoisotopic (exact) mass is 322 g/mol. The van der Waals surface area contributed by atoms with E-state index in [9.17, 15) is 22.8 Å². The third-order valence-corrected chi connectivity index (χ3v) is 2.94. The van der Waals surface area contributed by atoms with E-state index < -0.39 is 23.6 Å². The fraction of sp³-hybridized carbons (Fsp3) is 0.125. The molecule has 0 atom stereocenters. The molecule has 0 spiro atoms. The highest BCUT2D eigenvalue weighted by Crippen LogP contribution is 2.29. The molecule has 7 heteroatoms. The molecule has 4 nitrogen and oxygen atoms in total. The first-order chi connectivity index (χ1) is 10.9. The van der Waals surface area contributed by atoms with Crippen LogP contribution in [0.15, 0.2) is 54.6 Å². The minimum Gasteiger partial charge on any atom is -0.343 e. The number of rotatable bonds is 4. The standard InChI is InChI=1S/C16H13F3N2O2/c17-16(18,19)12-8-6-11(7-9-12)15(23)20-10-14(22)21-13-4-2-1-3-5-13/h1-9H,10H2,(H,20,23)(H,21,22). The highest BCUT2D eigenvalue weighted by Gasteiger charge is 2.30. The average molecular weight is 322 g/mol. The smallest absolute Gasteiger partial charge is 0.343 e. The molecule has 2 rings (SSSR count). The van der Waals surface area contributed by atoms with Gasteiger partial charge in [-0.1, -0.05) is 18.2 Å². The summed E-state index contributed by atoms with van der Waals surface area (Å²) in [5.74, 6) is -1.06. The van der Waals surface area contributed by atoms with Gasteiger partial charge in [-0.2, -0.15) is 13.2 Å². The van der Waals surface area contributed by atoms with E-state index >= 15 is 0 Å². The molecule has 0 saturated carbocycles. The maximum Gasteiger partial charge on any atom is 0.416 e. The number of alkyl halides is 3. The van der Waals surface area contributed by atoms with Gasteiger partial charge in [0.2, 0.25) is 5.91 Å². The molecule has 120 valence electrons. The van der Waals surface area contributed by atoms with Crippen molar-refractivity contribution in [3.63, 3.8) is 0 Å². The van der Waals surface area contributed by atoms with E-state index in [-0.39, 0.29) is 12.1 Å². The van der Waals surface area contributed by atoms with Crippen LogP contribution in [-0.4, -0.2) is 18.4 Å². The van der Waals surface area contributed by atoms with Gasteiger partial charge in [-0.05, 0) is 36.4 Å². The van der Waals surface area contributed by atoms with Crippen LogP contribution in [-0.2, 0) is 11.0 Å². The van der Waals surface area contributed by atoms with Crippen molar-refractivity contribution >= 4 is 17.5 Å². The van der Waals surface area contributed by atoms with Crippen molar-refractivity contribution < 1.29 is 22.8 Å². The summed E-state index contributed by atoms with van der Waals surface area (Å²) < 4.78 is 37.3. The molecule has 0 aliphatic carbocycles. The molecule has 2 aromatic rings. The second kappa shape index (κ2) is 6.95. The van der Waals surface area contributed by atoms with Crippen molar-refractivity contribution in [3.8, 4) is 0 Å². The largest absolute Gasteiger partial charge is 0.416 e. The fourth-order valence-electron chi connectivity index (χ4n) is 1.80. The lowest BCUT2D eigenvalue weighted by molar-refractivity contribution is -0.137. The molecule has 0 heterocycles. The second-order valence-corrected chi connectivity index (χ2v) is 4.67. The summed E-state index contributed by atoms with van der Waals surface area (Å²) in [5.41, 5.74) is -0.206. The van der Waals surface area contributed by atoms with Crippen LogP contribution in [0.5, 0.6) is 0 Å². The number of halogens is 3. The predicted molar refractivity (Wildman–Crippen MR) is 78.8 cm³/mol. The Balaban J connectivity index is 1.88. The van der Waals surface area contributed by atoms with Crippen molar-refractivity contribution in [2.24, 2.45) is 0 Å². The van der Waals surface area contributed by atoms with E-state index in [1.54, 1.807) is 30.3 Å². The molecule has 0 unspecified atom stereocenters. The Morgan fingerprint density at radius 1 is 0.913 bits per heavy atom. The van der Waals surface area contributed by atoms with E-state index in [0.29, 0.717) is 5.69 Å². The van der Waals surface area contributed by atoms with Crippen LogP contribution in [0.4, 0.5) is 18.9 Å². The summed E-state index contributed by atoms with van der Waals surface area (Å²) in [6, 6.07) is 12.4. The number of nitrogens with one attached hydrogen (secondary N) is 2. The molecule has 2 aromatic carbocycles. The third-order valence-electron chi connectivity index (χ3n) is 2.94. The first-order valence-electron chi connectivity index (χ1n) is 6.66. The summed E-state index contributed by atoms with van der Waals surface area (Å²) in [5, 5.41) is 4.92. The number of benzene rings is 2. The van der Waals surface area contributed by atoms with Crippen LogP contribution in [0.1, 0.15) is 15.9 Å². The van der Waals surface area contributed by atoms with Crippen molar-refractivity contribution in [2.75, 3.05) is 11.9 Å². The molecule has 0 aliphatic heterocycles. The van der Waals surface area contributed by atoms with E-state index in [0.717, 1.165) is 24.3 Å². The van der Waals surface area contributed by atoms with E-state index in [1.807, 2.05) is 0 Å². The van der Waals surface area contributed by atoms with Crippen LogP contribution in [0, 0.1) is 0 Å². The van der Waals surface area contributed by atoms with Crippen LogP contribution in [0.25, 0.3) is 0 Å². The number of amides is 2. The molecular formula is C16H13F3N2O2. The van der Waals surface area contributed by atoms with Gasteiger partial charge < -0.3 is 10.6 Å². The number of carbonyl (C=O) groups is 2. The minimum absolute atomic E-state index is 0.0468. The van der Waals surface area contributed by atoms with Crippen molar-refractivity contribution in [1.82, 2.24) is 5.32 Å². The topological polar surface area (TPSA) is 58.2 Å². The third kappa shape index (κ3) is 4.84. The average Bonchev–Trinajstić information content (AvgIpc) is 2.53. The van der Waals surface area contributed by atoms with E-state index in [4.69, 9.17) is 0 Å². The summed E-state index contributed by atoms with van der Waals surface area (Å²) in [4.78, 5) is 23.4. The zero-order valence-electron chi connectivity index (χ0n) is 11.9. The Labute approximate surface area is 130 Å². The predicted octanol–water partition coefficient (Wildman–Crippen LogP) is 3.07. The minimum atomic E-state index is -4.45. The normalized spacial score (nSPS) is 10.9. The maximum absolute atomic E-state index is 12.4. The lowest BCUT2D eigenvalue weighted by Crippen LogP contribution is -2.32. The molecule has 0 aliphatic rings.